The Labute approximate surface area is 247 Å². The fourth-order valence-electron chi connectivity index (χ4n) is 7.83. The molecule has 2 bridgehead atoms. The van der Waals surface area contributed by atoms with Gasteiger partial charge < -0.3 is 20.1 Å². The Morgan fingerprint density at radius 1 is 1.07 bits per heavy atom. The summed E-state index contributed by atoms with van der Waals surface area (Å²) in [7, 11) is 0. The first-order chi connectivity index (χ1) is 20.4. The molecule has 0 saturated carbocycles. The van der Waals surface area contributed by atoms with Gasteiger partial charge in [0.25, 0.3) is 0 Å². The largest absolute Gasteiger partial charge is 0.508 e. The van der Waals surface area contributed by atoms with Gasteiger partial charge in [0.15, 0.2) is 5.82 Å². The van der Waals surface area contributed by atoms with Crippen LogP contribution in [-0.2, 0) is 0 Å². The second-order valence-corrected chi connectivity index (χ2v) is 12.8. The summed E-state index contributed by atoms with van der Waals surface area (Å²) in [5.41, 5.74) is 0.390. The highest BCUT2D eigenvalue weighted by molar-refractivity contribution is 6.35. The van der Waals surface area contributed by atoms with E-state index >= 15 is 4.39 Å². The van der Waals surface area contributed by atoms with E-state index in [1.54, 1.807) is 12.1 Å². The van der Waals surface area contributed by atoms with Gasteiger partial charge in [-0.15, -0.1) is 0 Å². The summed E-state index contributed by atoms with van der Waals surface area (Å²) >= 11 is 6.86. The minimum atomic E-state index is -0.877. The first kappa shape index (κ1) is 26.4. The molecule has 3 aromatic carbocycles. The van der Waals surface area contributed by atoms with Gasteiger partial charge in [0, 0.05) is 49.1 Å². The first-order valence-corrected chi connectivity index (χ1v) is 15.2. The van der Waals surface area contributed by atoms with Gasteiger partial charge in [0.2, 0.25) is 0 Å². The number of aromatic hydroxyl groups is 1. The van der Waals surface area contributed by atoms with Crippen molar-refractivity contribution in [1.82, 2.24) is 20.2 Å². The van der Waals surface area contributed by atoms with Gasteiger partial charge >= 0.3 is 6.01 Å². The summed E-state index contributed by atoms with van der Waals surface area (Å²) in [5.74, 6) is 0.0216. The lowest BCUT2D eigenvalue weighted by Crippen LogP contribution is -2.51. The van der Waals surface area contributed by atoms with Gasteiger partial charge in [-0.05, 0) is 66.8 Å². The topological polar surface area (TPSA) is 73.8 Å². The van der Waals surface area contributed by atoms with Crippen molar-refractivity contribution in [3.05, 3.63) is 53.3 Å². The Balaban J connectivity index is 1.27. The number of hydrogen-bond donors (Lipinski definition) is 2. The van der Waals surface area contributed by atoms with E-state index < -0.39 is 12.0 Å². The number of alkyl halides is 1. The zero-order valence-corrected chi connectivity index (χ0v) is 23.9. The molecule has 7 nitrogen and oxygen atoms in total. The fourth-order valence-corrected chi connectivity index (χ4v) is 8.13. The molecule has 0 amide bonds. The fraction of sp³-hybridized carbons (Fsp3) is 0.438. The number of ether oxygens (including phenoxy) is 1. The lowest BCUT2D eigenvalue weighted by molar-refractivity contribution is 0.107. The number of phenolic OH excluding ortho intramolecular Hbond substituents is 1. The van der Waals surface area contributed by atoms with Crippen LogP contribution in [0.3, 0.4) is 0 Å². The van der Waals surface area contributed by atoms with Gasteiger partial charge in [-0.1, -0.05) is 35.9 Å². The molecule has 0 spiro atoms. The zero-order chi connectivity index (χ0) is 28.6. The standard InChI is InChI=1S/C32H32ClF2N5O2/c33-26-12-25-29(28(35)27(26)24-11-22(41)10-18-4-1-2-5-23(18)24)37-31(38-30(25)39-15-20-6-7-21(16-39)36-20)42-17-32-8-3-9-40(32)14-19(34)13-32/h1-2,4-5,10-12,19-21,36,41H,3,6-9,13-17H2/t19-,20-,21+,32-/m1/s1. The molecule has 5 heterocycles. The van der Waals surface area contributed by atoms with Crippen LogP contribution in [0.1, 0.15) is 32.1 Å². The average Bonchev–Trinajstić information content (AvgIpc) is 3.62. The summed E-state index contributed by atoms with van der Waals surface area (Å²) in [5, 5.41) is 16.4. The number of rotatable bonds is 5. The van der Waals surface area contributed by atoms with E-state index in [0.717, 1.165) is 56.1 Å². The second-order valence-electron chi connectivity index (χ2n) is 12.4. The van der Waals surface area contributed by atoms with Crippen LogP contribution in [0, 0.1) is 5.82 Å². The number of nitrogens with one attached hydrogen (secondary N) is 1. The summed E-state index contributed by atoms with van der Waals surface area (Å²) in [6.45, 7) is 3.00. The third-order valence-corrected chi connectivity index (χ3v) is 10.0. The lowest BCUT2D eigenvalue weighted by Gasteiger charge is -2.34. The van der Waals surface area contributed by atoms with E-state index in [-0.39, 0.29) is 40.0 Å². The van der Waals surface area contributed by atoms with Crippen molar-refractivity contribution in [2.75, 3.05) is 37.7 Å². The molecule has 8 rings (SSSR count). The van der Waals surface area contributed by atoms with Crippen LogP contribution in [0.4, 0.5) is 14.6 Å². The van der Waals surface area contributed by atoms with E-state index in [4.69, 9.17) is 21.3 Å². The highest BCUT2D eigenvalue weighted by Crippen LogP contribution is 2.44. The Kier molecular flexibility index (Phi) is 6.21. The van der Waals surface area contributed by atoms with Gasteiger partial charge in [0.1, 0.15) is 29.9 Å². The molecule has 4 saturated heterocycles. The van der Waals surface area contributed by atoms with Crippen molar-refractivity contribution in [3.63, 3.8) is 0 Å². The van der Waals surface area contributed by atoms with E-state index in [0.29, 0.717) is 41.8 Å². The SMILES string of the molecule is Oc1cc(-c2c(Cl)cc3c(N4C[C@H]5CC[C@@H](C4)N5)nc(OC[C@]45CCCN4C[C@H](F)C5)nc3c2F)c2ccccc2c1. The van der Waals surface area contributed by atoms with Gasteiger partial charge in [-0.2, -0.15) is 9.97 Å². The molecule has 0 radical (unpaired) electrons. The predicted octanol–water partition coefficient (Wildman–Crippen LogP) is 5.84. The number of piperazine rings is 1. The van der Waals surface area contributed by atoms with Crippen molar-refractivity contribution >= 4 is 39.1 Å². The minimum Gasteiger partial charge on any atom is -0.508 e. The molecule has 218 valence electrons. The molecule has 4 aromatic rings. The maximum absolute atomic E-state index is 16.8. The zero-order valence-electron chi connectivity index (χ0n) is 23.1. The molecule has 4 atom stereocenters. The molecular formula is C32H32ClF2N5O2. The maximum atomic E-state index is 16.8. The average molecular weight is 592 g/mol. The molecule has 4 aliphatic heterocycles. The van der Waals surface area contributed by atoms with Crippen LogP contribution in [0.2, 0.25) is 5.02 Å². The minimum absolute atomic E-state index is 0.0195. The van der Waals surface area contributed by atoms with Crippen LogP contribution in [0.25, 0.3) is 32.8 Å². The summed E-state index contributed by atoms with van der Waals surface area (Å²) in [6, 6.07) is 13.2. The number of nitrogens with zero attached hydrogens (tertiary/aromatic N) is 4. The number of hydrogen-bond acceptors (Lipinski definition) is 7. The predicted molar refractivity (Wildman–Crippen MR) is 160 cm³/mol. The van der Waals surface area contributed by atoms with Crippen LogP contribution >= 0.6 is 11.6 Å². The van der Waals surface area contributed by atoms with Crippen molar-refractivity contribution < 1.29 is 18.6 Å². The van der Waals surface area contributed by atoms with Crippen molar-refractivity contribution in [2.24, 2.45) is 0 Å². The monoisotopic (exact) mass is 591 g/mol. The lowest BCUT2D eigenvalue weighted by atomic mass is 9.95. The number of benzene rings is 3. The molecule has 0 aliphatic carbocycles. The van der Waals surface area contributed by atoms with Crippen molar-refractivity contribution in [2.45, 2.75) is 55.9 Å². The third-order valence-electron chi connectivity index (χ3n) is 9.71. The summed E-state index contributed by atoms with van der Waals surface area (Å²) in [4.78, 5) is 13.8. The van der Waals surface area contributed by atoms with Gasteiger partial charge in [-0.25, -0.2) is 8.78 Å². The Morgan fingerprint density at radius 2 is 1.88 bits per heavy atom. The molecule has 0 unspecified atom stereocenters. The number of aromatic nitrogens is 2. The Hall–Kier alpha value is -3.27. The highest BCUT2D eigenvalue weighted by atomic mass is 35.5. The van der Waals surface area contributed by atoms with Crippen molar-refractivity contribution in [3.8, 4) is 22.9 Å². The Bertz CT molecular complexity index is 1710. The third kappa shape index (κ3) is 4.28. The number of halogens is 3. The second kappa shape index (κ2) is 9.89. The Morgan fingerprint density at radius 3 is 2.71 bits per heavy atom. The van der Waals surface area contributed by atoms with Crippen LogP contribution < -0.4 is 15.0 Å². The van der Waals surface area contributed by atoms with E-state index in [1.165, 1.54) is 6.07 Å². The molecule has 4 aliphatic rings. The van der Waals surface area contributed by atoms with Gasteiger partial charge in [0.05, 0.1) is 10.6 Å². The first-order valence-electron chi connectivity index (χ1n) is 14.8. The number of anilines is 1. The molecular weight excluding hydrogens is 560 g/mol. The van der Waals surface area contributed by atoms with Crippen molar-refractivity contribution in [1.29, 1.82) is 0 Å². The smallest absolute Gasteiger partial charge is 0.319 e. The molecule has 2 N–H and O–H groups in total. The number of fused-ring (bicyclic) bond motifs is 5. The molecule has 10 heteroatoms. The quantitative estimate of drug-likeness (QED) is 0.302. The van der Waals surface area contributed by atoms with E-state index in [9.17, 15) is 9.50 Å². The maximum Gasteiger partial charge on any atom is 0.319 e. The van der Waals surface area contributed by atoms with Crippen LogP contribution in [0.15, 0.2) is 42.5 Å². The van der Waals surface area contributed by atoms with Crippen LogP contribution in [-0.4, -0.2) is 76.6 Å². The summed E-state index contributed by atoms with van der Waals surface area (Å²) < 4.78 is 37.5. The van der Waals surface area contributed by atoms with Gasteiger partial charge in [-0.3, -0.25) is 4.90 Å². The van der Waals surface area contributed by atoms with Crippen LogP contribution in [0.5, 0.6) is 11.8 Å². The normalized spacial score (nSPS) is 27.3. The van der Waals surface area contributed by atoms with E-state index in [2.05, 4.69) is 20.1 Å². The molecule has 4 fully saturated rings. The van der Waals surface area contributed by atoms with E-state index in [1.807, 2.05) is 24.3 Å². The highest BCUT2D eigenvalue weighted by Gasteiger charge is 2.49. The number of phenols is 1. The molecule has 42 heavy (non-hydrogen) atoms. The molecule has 1 aromatic heterocycles. The summed E-state index contributed by atoms with van der Waals surface area (Å²) in [6.07, 6.45) is 3.57.